The maximum Gasteiger partial charge on any atom is 0.282 e. The molecule has 0 fully saturated rings. The zero-order chi connectivity index (χ0) is 13.9. The highest BCUT2D eigenvalue weighted by Crippen LogP contribution is 2.41. The zero-order valence-electron chi connectivity index (χ0n) is 10.4. The summed E-state index contributed by atoms with van der Waals surface area (Å²) in [6, 6.07) is 3.40. The van der Waals surface area contributed by atoms with Gasteiger partial charge in [-0.3, -0.25) is 0 Å². The Hall–Kier alpha value is -1.60. The molecule has 0 aromatic heterocycles. The van der Waals surface area contributed by atoms with Crippen molar-refractivity contribution in [1.29, 1.82) is 0 Å². The van der Waals surface area contributed by atoms with Crippen molar-refractivity contribution in [3.63, 3.8) is 0 Å². The molecule has 0 bridgehead atoms. The molecule has 106 valence electrons. The molecule has 0 amide bonds. The summed E-state index contributed by atoms with van der Waals surface area (Å²) in [5, 5.41) is 11.0. The predicted octanol–water partition coefficient (Wildman–Crippen LogP) is 1.14. The third kappa shape index (κ3) is 3.24. The first-order chi connectivity index (χ1) is 9.05. The third-order valence-electron chi connectivity index (χ3n) is 2.66. The van der Waals surface area contributed by atoms with E-state index in [4.69, 9.17) is 19.3 Å². The predicted molar refractivity (Wildman–Crippen MR) is 62.9 cm³/mol. The van der Waals surface area contributed by atoms with Gasteiger partial charge in [0.2, 0.25) is 12.5 Å². The molecule has 0 spiro atoms. The Balaban J connectivity index is 2.02. The minimum atomic E-state index is -3.12. The Kier molecular flexibility index (Phi) is 4.06. The average molecular weight is 275 g/mol. The van der Waals surface area contributed by atoms with E-state index in [1.54, 1.807) is 12.1 Å². The van der Waals surface area contributed by atoms with Crippen LogP contribution in [0, 0.1) is 0 Å². The van der Waals surface area contributed by atoms with Crippen molar-refractivity contribution in [1.82, 2.24) is 5.32 Å². The van der Waals surface area contributed by atoms with Crippen molar-refractivity contribution in [2.45, 2.75) is 12.5 Å². The van der Waals surface area contributed by atoms with Gasteiger partial charge in [0.25, 0.3) is 5.92 Å². The van der Waals surface area contributed by atoms with Gasteiger partial charge in [-0.1, -0.05) is 0 Å². The molecule has 0 unspecified atom stereocenters. The summed E-state index contributed by atoms with van der Waals surface area (Å²) >= 11 is 0. The van der Waals surface area contributed by atoms with Crippen LogP contribution in [0.3, 0.4) is 0 Å². The number of nitrogens with one attached hydrogen (secondary N) is 1. The summed E-state index contributed by atoms with van der Waals surface area (Å²) in [6.07, 6.45) is 0. The topological polar surface area (TPSA) is 60.0 Å². The van der Waals surface area contributed by atoms with E-state index in [2.05, 4.69) is 5.32 Å². The normalized spacial score (nSPS) is 13.7. The van der Waals surface area contributed by atoms with Crippen LogP contribution in [0.25, 0.3) is 0 Å². The van der Waals surface area contributed by atoms with Gasteiger partial charge >= 0.3 is 0 Å². The smallest absolute Gasteiger partial charge is 0.282 e. The van der Waals surface area contributed by atoms with Gasteiger partial charge in [-0.25, -0.2) is 8.78 Å². The van der Waals surface area contributed by atoms with Gasteiger partial charge in [0.15, 0.2) is 11.5 Å². The number of hydrogen-bond acceptors (Lipinski definition) is 5. The Morgan fingerprint density at radius 1 is 1.42 bits per heavy atom. The molecule has 0 atom stereocenters. The Morgan fingerprint density at radius 3 is 2.89 bits per heavy atom. The van der Waals surface area contributed by atoms with Gasteiger partial charge in [0.1, 0.15) is 6.61 Å². The zero-order valence-corrected chi connectivity index (χ0v) is 10.4. The molecule has 1 aromatic carbocycles. The number of halogens is 2. The maximum atomic E-state index is 12.8. The highest BCUT2D eigenvalue weighted by Gasteiger charge is 2.27. The summed E-state index contributed by atoms with van der Waals surface area (Å²) in [6.45, 7) is -1.45. The highest BCUT2D eigenvalue weighted by molar-refractivity contribution is 5.55. The van der Waals surface area contributed by atoms with E-state index in [0.29, 0.717) is 17.2 Å². The van der Waals surface area contributed by atoms with Gasteiger partial charge in [-0.05, 0) is 17.7 Å². The third-order valence-corrected chi connectivity index (χ3v) is 2.66. The number of ether oxygens (including phenoxy) is 3. The molecular formula is C12H15F2NO4. The monoisotopic (exact) mass is 275 g/mol. The summed E-state index contributed by atoms with van der Waals surface area (Å²) in [4.78, 5) is 0. The minimum absolute atomic E-state index is 0.116. The second-order valence-electron chi connectivity index (χ2n) is 4.15. The van der Waals surface area contributed by atoms with Crippen LogP contribution < -0.4 is 19.5 Å². The van der Waals surface area contributed by atoms with Crippen LogP contribution in [0.1, 0.15) is 5.56 Å². The number of hydrogen-bond donors (Lipinski definition) is 2. The van der Waals surface area contributed by atoms with E-state index < -0.39 is 19.1 Å². The number of fused-ring (bicyclic) bond motifs is 1. The van der Waals surface area contributed by atoms with E-state index in [9.17, 15) is 8.78 Å². The van der Waals surface area contributed by atoms with Crippen LogP contribution in [-0.2, 0) is 6.54 Å². The fourth-order valence-corrected chi connectivity index (χ4v) is 1.73. The molecule has 0 radical (unpaired) electrons. The van der Waals surface area contributed by atoms with Gasteiger partial charge < -0.3 is 24.6 Å². The molecule has 2 rings (SSSR count). The lowest BCUT2D eigenvalue weighted by atomic mass is 10.2. The van der Waals surface area contributed by atoms with Crippen molar-refractivity contribution in [2.24, 2.45) is 0 Å². The van der Waals surface area contributed by atoms with E-state index in [1.807, 2.05) is 0 Å². The quantitative estimate of drug-likeness (QED) is 0.815. The number of aliphatic hydroxyl groups is 1. The lowest BCUT2D eigenvalue weighted by Gasteiger charge is -2.14. The largest absolute Gasteiger partial charge is 0.493 e. The standard InChI is InChI=1S/C12H15F2NO4/c1-17-9-2-8(3-10-11(9)19-7-18-10)4-15-5-12(13,14)6-16/h2-3,15-16H,4-7H2,1H3. The highest BCUT2D eigenvalue weighted by atomic mass is 19.3. The summed E-state index contributed by atoms with van der Waals surface area (Å²) in [5.41, 5.74) is 0.731. The van der Waals surface area contributed by atoms with Crippen LogP contribution in [0.2, 0.25) is 0 Å². The molecule has 0 saturated carbocycles. The van der Waals surface area contributed by atoms with Gasteiger partial charge in [-0.2, -0.15) is 0 Å². The van der Waals surface area contributed by atoms with Crippen molar-refractivity contribution < 1.29 is 28.1 Å². The van der Waals surface area contributed by atoms with Crippen molar-refractivity contribution in [2.75, 3.05) is 27.1 Å². The van der Waals surface area contributed by atoms with Crippen molar-refractivity contribution in [3.8, 4) is 17.2 Å². The minimum Gasteiger partial charge on any atom is -0.493 e. The fourth-order valence-electron chi connectivity index (χ4n) is 1.73. The molecule has 5 nitrogen and oxygen atoms in total. The van der Waals surface area contributed by atoms with Crippen LogP contribution in [-0.4, -0.2) is 38.1 Å². The van der Waals surface area contributed by atoms with E-state index in [1.165, 1.54) is 7.11 Å². The number of alkyl halides is 2. The second-order valence-corrected chi connectivity index (χ2v) is 4.15. The number of methoxy groups -OCH3 is 1. The Bertz CT molecular complexity index is 454. The first-order valence-corrected chi connectivity index (χ1v) is 5.71. The van der Waals surface area contributed by atoms with Crippen LogP contribution in [0.5, 0.6) is 17.2 Å². The van der Waals surface area contributed by atoms with Crippen molar-refractivity contribution in [3.05, 3.63) is 17.7 Å². The molecule has 1 aliphatic heterocycles. The summed E-state index contributed by atoms with van der Waals surface area (Å²) < 4.78 is 41.3. The molecule has 7 heteroatoms. The SMILES string of the molecule is COc1cc(CNCC(F)(F)CO)cc2c1OCO2. The number of rotatable bonds is 6. The molecule has 19 heavy (non-hydrogen) atoms. The lowest BCUT2D eigenvalue weighted by Crippen LogP contribution is -2.35. The van der Waals surface area contributed by atoms with Crippen LogP contribution in [0.4, 0.5) is 8.78 Å². The van der Waals surface area contributed by atoms with Gasteiger partial charge in [0, 0.05) is 6.54 Å². The van der Waals surface area contributed by atoms with Gasteiger partial charge in [-0.15, -0.1) is 0 Å². The molecule has 0 saturated heterocycles. The van der Waals surface area contributed by atoms with Crippen LogP contribution >= 0.6 is 0 Å². The van der Waals surface area contributed by atoms with E-state index in [-0.39, 0.29) is 13.3 Å². The van der Waals surface area contributed by atoms with Crippen molar-refractivity contribution >= 4 is 0 Å². The van der Waals surface area contributed by atoms with Crippen LogP contribution in [0.15, 0.2) is 12.1 Å². The van der Waals surface area contributed by atoms with Gasteiger partial charge in [0.05, 0.1) is 13.7 Å². The van der Waals surface area contributed by atoms with E-state index in [0.717, 1.165) is 5.56 Å². The molecule has 2 N–H and O–H groups in total. The molecular weight excluding hydrogens is 260 g/mol. The molecule has 1 aromatic rings. The Morgan fingerprint density at radius 2 is 2.21 bits per heavy atom. The molecule has 1 aliphatic rings. The first-order valence-electron chi connectivity index (χ1n) is 5.71. The molecule has 1 heterocycles. The first kappa shape index (κ1) is 13.8. The average Bonchev–Trinajstić information content (AvgIpc) is 2.85. The molecule has 0 aliphatic carbocycles. The summed E-state index contributed by atoms with van der Waals surface area (Å²) in [7, 11) is 1.49. The summed E-state index contributed by atoms with van der Waals surface area (Å²) in [5.74, 6) is -1.57. The second kappa shape index (κ2) is 5.58. The van der Waals surface area contributed by atoms with E-state index >= 15 is 0 Å². The Labute approximate surface area is 109 Å². The number of benzene rings is 1. The lowest BCUT2D eigenvalue weighted by molar-refractivity contribution is -0.0477. The fraction of sp³-hybridized carbons (Fsp3) is 0.500. The number of aliphatic hydroxyl groups excluding tert-OH is 1. The maximum absolute atomic E-state index is 12.8.